The van der Waals surface area contributed by atoms with Crippen LogP contribution >= 0.6 is 0 Å². The van der Waals surface area contributed by atoms with Crippen molar-refractivity contribution in [2.75, 3.05) is 32.7 Å². The molecule has 0 fully saturated rings. The normalized spacial score (nSPS) is 14.4. The van der Waals surface area contributed by atoms with Crippen LogP contribution < -0.4 is 10.6 Å². The molecule has 1 amide bonds. The summed E-state index contributed by atoms with van der Waals surface area (Å²) in [5.74, 6) is 1.08. The second kappa shape index (κ2) is 12.6. The van der Waals surface area contributed by atoms with Gasteiger partial charge < -0.3 is 15.5 Å². The van der Waals surface area contributed by atoms with E-state index in [1.165, 1.54) is 11.1 Å². The van der Waals surface area contributed by atoms with Crippen molar-refractivity contribution < 1.29 is 4.79 Å². The lowest BCUT2D eigenvalue weighted by Crippen LogP contribution is -2.45. The van der Waals surface area contributed by atoms with E-state index in [1.807, 2.05) is 4.90 Å². The van der Waals surface area contributed by atoms with Gasteiger partial charge in [0.15, 0.2) is 5.96 Å². The van der Waals surface area contributed by atoms with Crippen LogP contribution in [0.4, 0.5) is 0 Å². The summed E-state index contributed by atoms with van der Waals surface area (Å²) in [6.45, 7) is 15.9. The van der Waals surface area contributed by atoms with E-state index in [2.05, 4.69) is 79.4 Å². The van der Waals surface area contributed by atoms with Crippen LogP contribution in [0.25, 0.3) is 0 Å². The number of hydrogen-bond acceptors (Lipinski definition) is 3. The molecule has 0 aromatic heterocycles. The Balaban J connectivity index is 1.74. The van der Waals surface area contributed by atoms with E-state index >= 15 is 0 Å². The van der Waals surface area contributed by atoms with Crippen LogP contribution in [0.3, 0.4) is 0 Å². The molecule has 30 heavy (non-hydrogen) atoms. The van der Waals surface area contributed by atoms with Crippen LogP contribution in [0.5, 0.6) is 0 Å². The third-order valence-electron chi connectivity index (χ3n) is 5.64. The number of fused-ring (bicyclic) bond motifs is 1. The van der Waals surface area contributed by atoms with E-state index < -0.39 is 0 Å². The molecule has 1 heterocycles. The Labute approximate surface area is 183 Å². The molecule has 1 aromatic rings. The number of carbonyl (C=O) groups is 1. The van der Waals surface area contributed by atoms with Gasteiger partial charge in [0, 0.05) is 57.8 Å². The number of benzene rings is 1. The average molecular weight is 416 g/mol. The first kappa shape index (κ1) is 24.2. The Morgan fingerprint density at radius 3 is 2.50 bits per heavy atom. The minimum Gasteiger partial charge on any atom is -0.357 e. The van der Waals surface area contributed by atoms with E-state index in [-0.39, 0.29) is 5.91 Å². The smallest absolute Gasteiger partial charge is 0.222 e. The molecule has 0 atom stereocenters. The lowest BCUT2D eigenvalue weighted by Gasteiger charge is -2.30. The highest BCUT2D eigenvalue weighted by molar-refractivity contribution is 5.80. The maximum Gasteiger partial charge on any atom is 0.222 e. The second-order valence-electron chi connectivity index (χ2n) is 8.55. The Hall–Kier alpha value is -2.08. The van der Waals surface area contributed by atoms with Crippen molar-refractivity contribution in [3.8, 4) is 0 Å². The molecule has 2 rings (SSSR count). The van der Waals surface area contributed by atoms with Crippen LogP contribution in [0.2, 0.25) is 0 Å². The summed E-state index contributed by atoms with van der Waals surface area (Å²) in [4.78, 5) is 21.7. The van der Waals surface area contributed by atoms with Gasteiger partial charge in [0.25, 0.3) is 0 Å². The predicted octanol–water partition coefficient (Wildman–Crippen LogP) is 3.03. The van der Waals surface area contributed by atoms with Crippen molar-refractivity contribution in [1.29, 1.82) is 0 Å². The van der Waals surface area contributed by atoms with E-state index in [9.17, 15) is 4.79 Å². The number of aliphatic imine (C=N–C) groups is 1. The van der Waals surface area contributed by atoms with Crippen LogP contribution in [0.15, 0.2) is 29.3 Å². The number of rotatable bonds is 10. The lowest BCUT2D eigenvalue weighted by atomic mass is 9.99. The summed E-state index contributed by atoms with van der Waals surface area (Å²) >= 11 is 0. The van der Waals surface area contributed by atoms with Crippen LogP contribution in [0, 0.1) is 0 Å². The number of amides is 1. The maximum atomic E-state index is 12.6. The summed E-state index contributed by atoms with van der Waals surface area (Å²) in [5, 5.41) is 6.73. The fourth-order valence-corrected chi connectivity index (χ4v) is 4.05. The van der Waals surface area contributed by atoms with Crippen molar-refractivity contribution in [1.82, 2.24) is 20.4 Å². The minimum atomic E-state index is 0.238. The van der Waals surface area contributed by atoms with E-state index in [4.69, 9.17) is 0 Å². The van der Waals surface area contributed by atoms with Crippen LogP contribution in [-0.4, -0.2) is 66.5 Å². The molecule has 0 unspecified atom stereocenters. The Morgan fingerprint density at radius 1 is 1.13 bits per heavy atom. The van der Waals surface area contributed by atoms with Crippen molar-refractivity contribution in [3.63, 3.8) is 0 Å². The van der Waals surface area contributed by atoms with Crippen molar-refractivity contribution >= 4 is 11.9 Å². The van der Waals surface area contributed by atoms with Gasteiger partial charge in [-0.15, -0.1) is 0 Å². The van der Waals surface area contributed by atoms with Gasteiger partial charge >= 0.3 is 0 Å². The summed E-state index contributed by atoms with van der Waals surface area (Å²) in [6, 6.07) is 9.49. The van der Waals surface area contributed by atoms with Crippen molar-refractivity contribution in [2.24, 2.45) is 4.99 Å². The zero-order chi connectivity index (χ0) is 21.9. The number of guanidine groups is 1. The molecule has 0 saturated heterocycles. The molecule has 0 radical (unpaired) electrons. The largest absolute Gasteiger partial charge is 0.357 e. The summed E-state index contributed by atoms with van der Waals surface area (Å²) in [7, 11) is 0. The second-order valence-corrected chi connectivity index (χ2v) is 8.55. The molecule has 1 aliphatic rings. The third-order valence-corrected chi connectivity index (χ3v) is 5.64. The quantitative estimate of drug-likeness (QED) is 0.350. The Bertz CT molecular complexity index is 678. The third kappa shape index (κ3) is 7.63. The highest BCUT2D eigenvalue weighted by atomic mass is 16.2. The first-order valence-electron chi connectivity index (χ1n) is 11.5. The van der Waals surface area contributed by atoms with Crippen LogP contribution in [-0.2, 0) is 17.8 Å². The molecule has 0 aliphatic carbocycles. The average Bonchev–Trinajstić information content (AvgIpc) is 2.72. The zero-order valence-electron chi connectivity index (χ0n) is 19.6. The maximum absolute atomic E-state index is 12.6. The lowest BCUT2D eigenvalue weighted by molar-refractivity contribution is -0.132. The molecule has 6 nitrogen and oxygen atoms in total. The van der Waals surface area contributed by atoms with Gasteiger partial charge in [-0.05, 0) is 58.6 Å². The SMILES string of the molecule is CCNC(=NCCCC(=O)N1CCc2ccccc2C1)NCCN(C(C)C)C(C)C. The van der Waals surface area contributed by atoms with E-state index in [0.29, 0.717) is 25.0 Å². The summed E-state index contributed by atoms with van der Waals surface area (Å²) in [6.07, 6.45) is 2.29. The van der Waals surface area contributed by atoms with Gasteiger partial charge in [-0.1, -0.05) is 24.3 Å². The predicted molar refractivity (Wildman–Crippen MR) is 126 cm³/mol. The van der Waals surface area contributed by atoms with Gasteiger partial charge in [-0.2, -0.15) is 0 Å². The monoisotopic (exact) mass is 415 g/mol. The highest BCUT2D eigenvalue weighted by Crippen LogP contribution is 2.19. The molecular formula is C24H41N5O. The van der Waals surface area contributed by atoms with Gasteiger partial charge in [0.1, 0.15) is 0 Å². The fraction of sp³-hybridized carbons (Fsp3) is 0.667. The molecule has 1 aromatic carbocycles. The summed E-state index contributed by atoms with van der Waals surface area (Å²) in [5.41, 5.74) is 2.66. The Morgan fingerprint density at radius 2 is 1.83 bits per heavy atom. The molecule has 6 heteroatoms. The van der Waals surface area contributed by atoms with E-state index in [1.54, 1.807) is 0 Å². The zero-order valence-corrected chi connectivity index (χ0v) is 19.6. The standard InChI is InChI=1S/C24H41N5O/c1-6-25-24(27-15-17-29(19(2)3)20(4)5)26-14-9-12-23(30)28-16-13-21-10-7-8-11-22(21)18-28/h7-8,10-11,19-20H,6,9,12-18H2,1-5H3,(H2,25,26,27). The van der Waals surface area contributed by atoms with Crippen LogP contribution in [0.1, 0.15) is 58.6 Å². The van der Waals surface area contributed by atoms with Gasteiger partial charge in [0.2, 0.25) is 5.91 Å². The van der Waals surface area contributed by atoms with E-state index in [0.717, 1.165) is 51.5 Å². The fourth-order valence-electron chi connectivity index (χ4n) is 4.05. The molecule has 2 N–H and O–H groups in total. The van der Waals surface area contributed by atoms with Gasteiger partial charge in [0.05, 0.1) is 0 Å². The molecule has 0 bridgehead atoms. The van der Waals surface area contributed by atoms with Crippen molar-refractivity contribution in [3.05, 3.63) is 35.4 Å². The number of nitrogens with zero attached hydrogens (tertiary/aromatic N) is 3. The topological polar surface area (TPSA) is 60.0 Å². The molecular weight excluding hydrogens is 374 g/mol. The molecule has 1 aliphatic heterocycles. The molecule has 0 saturated carbocycles. The number of nitrogens with one attached hydrogen (secondary N) is 2. The Kier molecular flexibility index (Phi) is 10.1. The summed E-state index contributed by atoms with van der Waals surface area (Å²) < 4.78 is 0. The minimum absolute atomic E-state index is 0.238. The molecule has 168 valence electrons. The first-order valence-corrected chi connectivity index (χ1v) is 11.5. The number of hydrogen-bond donors (Lipinski definition) is 2. The first-order chi connectivity index (χ1) is 14.4. The van der Waals surface area contributed by atoms with Crippen molar-refractivity contribution in [2.45, 2.75) is 72.5 Å². The van der Waals surface area contributed by atoms with Gasteiger partial charge in [-0.25, -0.2) is 0 Å². The highest BCUT2D eigenvalue weighted by Gasteiger charge is 2.19. The molecule has 0 spiro atoms. The number of carbonyl (C=O) groups excluding carboxylic acids is 1. The van der Waals surface area contributed by atoms with Gasteiger partial charge in [-0.3, -0.25) is 14.7 Å².